The van der Waals surface area contributed by atoms with Gasteiger partial charge >= 0.3 is 0 Å². The van der Waals surface area contributed by atoms with E-state index in [1.807, 2.05) is 12.4 Å². The number of pyridine rings is 1. The number of likely N-dealkylation sites (N-methyl/N-ethyl adjacent to an activating group) is 1. The summed E-state index contributed by atoms with van der Waals surface area (Å²) in [5, 5.41) is 1.10. The molecule has 20 heavy (non-hydrogen) atoms. The number of hydrogen-bond donors (Lipinski definition) is 1. The smallest absolute Gasteiger partial charge is 0.185 e. The van der Waals surface area contributed by atoms with Crippen LogP contribution in [0.25, 0.3) is 0 Å². The van der Waals surface area contributed by atoms with Crippen LogP contribution in [0.5, 0.6) is 0 Å². The van der Waals surface area contributed by atoms with Crippen molar-refractivity contribution in [2.45, 2.75) is 31.7 Å². The molecule has 0 bridgehead atoms. The summed E-state index contributed by atoms with van der Waals surface area (Å²) in [4.78, 5) is 12.3. The number of aromatic nitrogens is 2. The average molecular weight is 288 g/mol. The molecule has 0 amide bonds. The number of rotatable bonds is 6. The van der Waals surface area contributed by atoms with Gasteiger partial charge in [-0.15, -0.1) is 11.3 Å². The molecule has 0 atom stereocenters. The van der Waals surface area contributed by atoms with E-state index in [0.717, 1.165) is 18.1 Å². The molecule has 1 saturated carbocycles. The molecule has 3 rings (SSSR count). The quantitative estimate of drug-likeness (QED) is 0.887. The maximum Gasteiger partial charge on any atom is 0.185 e. The van der Waals surface area contributed by atoms with Crippen molar-refractivity contribution in [1.29, 1.82) is 0 Å². The van der Waals surface area contributed by atoms with Crippen LogP contribution in [0.3, 0.4) is 0 Å². The summed E-state index contributed by atoms with van der Waals surface area (Å²) >= 11 is 1.75. The van der Waals surface area contributed by atoms with Crippen molar-refractivity contribution in [3.8, 4) is 0 Å². The SMILES string of the molecule is CN(CCc1ccncc1)c1nc(C2CC2)c(CN)s1. The Kier molecular flexibility index (Phi) is 3.98. The molecule has 0 saturated heterocycles. The largest absolute Gasteiger partial charge is 0.351 e. The normalized spacial score (nSPS) is 14.5. The van der Waals surface area contributed by atoms with Gasteiger partial charge in [-0.1, -0.05) is 0 Å². The molecule has 106 valence electrons. The van der Waals surface area contributed by atoms with Crippen LogP contribution in [0.2, 0.25) is 0 Å². The molecule has 5 heteroatoms. The summed E-state index contributed by atoms with van der Waals surface area (Å²) in [7, 11) is 2.11. The Balaban J connectivity index is 1.66. The maximum absolute atomic E-state index is 5.84. The van der Waals surface area contributed by atoms with Gasteiger partial charge in [-0.2, -0.15) is 0 Å². The van der Waals surface area contributed by atoms with Gasteiger partial charge in [0.15, 0.2) is 5.13 Å². The van der Waals surface area contributed by atoms with Gasteiger partial charge in [-0.25, -0.2) is 4.98 Å². The van der Waals surface area contributed by atoms with E-state index in [1.54, 1.807) is 11.3 Å². The van der Waals surface area contributed by atoms with Crippen molar-refractivity contribution >= 4 is 16.5 Å². The Morgan fingerprint density at radius 1 is 1.35 bits per heavy atom. The second-order valence-corrected chi connectivity index (χ2v) is 6.37. The first-order valence-electron chi connectivity index (χ1n) is 7.07. The third kappa shape index (κ3) is 2.99. The summed E-state index contributed by atoms with van der Waals surface area (Å²) in [5.74, 6) is 0.673. The molecule has 0 aliphatic heterocycles. The van der Waals surface area contributed by atoms with Crippen molar-refractivity contribution in [2.75, 3.05) is 18.5 Å². The minimum absolute atomic E-state index is 0.613. The standard InChI is InChI=1S/C15H20N4S/c1-19(9-6-11-4-7-17-8-5-11)15-18-14(12-2-3-12)13(10-16)20-15/h4-5,7-8,12H,2-3,6,9-10,16H2,1H3. The molecule has 0 spiro atoms. The van der Waals surface area contributed by atoms with Gasteiger partial charge in [0.1, 0.15) is 0 Å². The number of anilines is 1. The van der Waals surface area contributed by atoms with Gasteiger partial charge < -0.3 is 10.6 Å². The van der Waals surface area contributed by atoms with E-state index in [-0.39, 0.29) is 0 Å². The number of nitrogens with zero attached hydrogens (tertiary/aromatic N) is 3. The van der Waals surface area contributed by atoms with Crippen LogP contribution in [0.4, 0.5) is 5.13 Å². The van der Waals surface area contributed by atoms with Crippen LogP contribution in [-0.4, -0.2) is 23.6 Å². The highest BCUT2D eigenvalue weighted by atomic mass is 32.1. The minimum Gasteiger partial charge on any atom is -0.351 e. The first kappa shape index (κ1) is 13.5. The van der Waals surface area contributed by atoms with E-state index < -0.39 is 0 Å². The predicted octanol–water partition coefficient (Wildman–Crippen LogP) is 2.55. The lowest BCUT2D eigenvalue weighted by Gasteiger charge is -2.15. The molecule has 1 aliphatic carbocycles. The number of hydrogen-bond acceptors (Lipinski definition) is 5. The van der Waals surface area contributed by atoms with Crippen molar-refractivity contribution in [1.82, 2.24) is 9.97 Å². The molecule has 2 heterocycles. The van der Waals surface area contributed by atoms with Crippen LogP contribution in [0, 0.1) is 0 Å². The molecular formula is C15H20N4S. The Labute approximate surface area is 123 Å². The van der Waals surface area contributed by atoms with Crippen LogP contribution >= 0.6 is 11.3 Å². The maximum atomic E-state index is 5.84. The molecule has 4 nitrogen and oxygen atoms in total. The Morgan fingerprint density at radius 2 is 2.10 bits per heavy atom. The van der Waals surface area contributed by atoms with Crippen molar-refractivity contribution < 1.29 is 0 Å². The van der Waals surface area contributed by atoms with E-state index >= 15 is 0 Å². The van der Waals surface area contributed by atoms with Gasteiger partial charge in [-0.3, -0.25) is 4.98 Å². The Morgan fingerprint density at radius 3 is 2.75 bits per heavy atom. The van der Waals surface area contributed by atoms with Crippen molar-refractivity contribution in [2.24, 2.45) is 5.73 Å². The molecule has 2 aromatic heterocycles. The van der Waals surface area contributed by atoms with E-state index in [0.29, 0.717) is 12.5 Å². The molecule has 2 aromatic rings. The third-order valence-electron chi connectivity index (χ3n) is 3.68. The fraction of sp³-hybridized carbons (Fsp3) is 0.467. The van der Waals surface area contributed by atoms with Crippen molar-refractivity contribution in [3.05, 3.63) is 40.7 Å². The number of thiazole rings is 1. The lowest BCUT2D eigenvalue weighted by molar-refractivity contribution is 0.862. The summed E-state index contributed by atoms with van der Waals surface area (Å²) < 4.78 is 0. The summed E-state index contributed by atoms with van der Waals surface area (Å²) in [6.45, 7) is 1.58. The molecule has 0 radical (unpaired) electrons. The third-order valence-corrected chi connectivity index (χ3v) is 4.89. The Bertz CT molecular complexity index is 563. The first-order valence-corrected chi connectivity index (χ1v) is 7.89. The molecule has 0 aromatic carbocycles. The van der Waals surface area contributed by atoms with Gasteiger partial charge in [0.25, 0.3) is 0 Å². The van der Waals surface area contributed by atoms with E-state index in [9.17, 15) is 0 Å². The lowest BCUT2D eigenvalue weighted by atomic mass is 10.2. The van der Waals surface area contributed by atoms with E-state index in [2.05, 4.69) is 29.1 Å². The summed E-state index contributed by atoms with van der Waals surface area (Å²) in [6, 6.07) is 4.13. The van der Waals surface area contributed by atoms with Crippen LogP contribution in [-0.2, 0) is 13.0 Å². The fourth-order valence-corrected chi connectivity index (χ4v) is 3.29. The molecular weight excluding hydrogens is 268 g/mol. The zero-order valence-electron chi connectivity index (χ0n) is 11.7. The zero-order valence-corrected chi connectivity index (χ0v) is 12.6. The molecule has 1 aliphatic rings. The van der Waals surface area contributed by atoms with Gasteiger partial charge in [0.2, 0.25) is 0 Å². The lowest BCUT2D eigenvalue weighted by Crippen LogP contribution is -2.20. The Hall–Kier alpha value is -1.46. The highest BCUT2D eigenvalue weighted by molar-refractivity contribution is 7.15. The molecule has 0 unspecified atom stereocenters. The first-order chi connectivity index (χ1) is 9.78. The summed E-state index contributed by atoms with van der Waals surface area (Å²) in [5.41, 5.74) is 8.40. The monoisotopic (exact) mass is 288 g/mol. The van der Waals surface area contributed by atoms with Gasteiger partial charge in [0, 0.05) is 43.3 Å². The van der Waals surface area contributed by atoms with E-state index in [4.69, 9.17) is 10.7 Å². The van der Waals surface area contributed by atoms with Crippen LogP contribution in [0.15, 0.2) is 24.5 Å². The predicted molar refractivity (Wildman–Crippen MR) is 83.2 cm³/mol. The van der Waals surface area contributed by atoms with Crippen LogP contribution < -0.4 is 10.6 Å². The zero-order chi connectivity index (χ0) is 13.9. The van der Waals surface area contributed by atoms with Gasteiger partial charge in [0.05, 0.1) is 5.69 Å². The van der Waals surface area contributed by atoms with E-state index in [1.165, 1.54) is 29.0 Å². The average Bonchev–Trinajstić information content (AvgIpc) is 3.24. The topological polar surface area (TPSA) is 55.0 Å². The van der Waals surface area contributed by atoms with Crippen LogP contribution in [0.1, 0.15) is 34.9 Å². The second kappa shape index (κ2) is 5.89. The highest BCUT2D eigenvalue weighted by Crippen LogP contribution is 2.43. The second-order valence-electron chi connectivity index (χ2n) is 5.31. The molecule has 1 fully saturated rings. The van der Waals surface area contributed by atoms with Crippen molar-refractivity contribution in [3.63, 3.8) is 0 Å². The molecule has 2 N–H and O–H groups in total. The minimum atomic E-state index is 0.613. The fourth-order valence-electron chi connectivity index (χ4n) is 2.28. The number of nitrogens with two attached hydrogens (primary N) is 1. The summed E-state index contributed by atoms with van der Waals surface area (Å²) in [6.07, 6.45) is 7.25. The van der Waals surface area contributed by atoms with Gasteiger partial charge in [-0.05, 0) is 37.0 Å². The highest BCUT2D eigenvalue weighted by Gasteiger charge is 2.29.